The normalized spacial score (nSPS) is 24.1. The summed E-state index contributed by atoms with van der Waals surface area (Å²) in [6, 6.07) is -2.70. The van der Waals surface area contributed by atoms with Crippen molar-refractivity contribution in [2.45, 2.75) is 51.0 Å². The van der Waals surface area contributed by atoms with E-state index in [4.69, 9.17) is 14.7 Å². The number of hydrogen-bond acceptors (Lipinski definition) is 6. The zero-order valence-electron chi connectivity index (χ0n) is 15.4. The number of hydrogen-bond donors (Lipinski definition) is 2. The molecule has 10 nitrogen and oxygen atoms in total. The Hall–Kier alpha value is -1.47. The molecule has 2 atom stereocenters. The summed E-state index contributed by atoms with van der Waals surface area (Å²) in [7, 11) is -7.01. The molecule has 3 N–H and O–H groups in total. The highest BCUT2D eigenvalue weighted by Gasteiger charge is 2.49. The molecule has 1 fully saturated rings. The van der Waals surface area contributed by atoms with Crippen molar-refractivity contribution in [3.8, 4) is 0 Å². The number of primary amides is 1. The molecule has 2 heterocycles. The molecule has 2 unspecified atom stereocenters. The minimum atomic E-state index is -4.88. The average Bonchev–Trinajstić information content (AvgIpc) is 2.67. The predicted molar refractivity (Wildman–Crippen MR) is 94.6 cm³/mol. The monoisotopic (exact) mass is 407 g/mol. The van der Waals surface area contributed by atoms with E-state index in [1.54, 1.807) is 0 Å². The third-order valence-electron chi connectivity index (χ3n) is 5.04. The minimum Gasteiger partial charge on any atom is -0.413 e. The van der Waals surface area contributed by atoms with Crippen LogP contribution < -0.4 is 5.73 Å². The maximum absolute atomic E-state index is 12.4. The summed E-state index contributed by atoms with van der Waals surface area (Å²) < 4.78 is 41.3. The van der Waals surface area contributed by atoms with E-state index >= 15 is 0 Å². The van der Waals surface area contributed by atoms with Gasteiger partial charge < -0.3 is 15.1 Å². The minimum absolute atomic E-state index is 0.0194. The van der Waals surface area contributed by atoms with Crippen molar-refractivity contribution in [3.63, 3.8) is 0 Å². The molecule has 2 bridgehead atoms. The fourth-order valence-corrected chi connectivity index (χ4v) is 3.97. The van der Waals surface area contributed by atoms with Crippen molar-refractivity contribution in [2.24, 2.45) is 5.73 Å². The first-order valence-electron chi connectivity index (χ1n) is 8.05. The number of carbonyl (C=O) groups excluding carboxylic acids is 2. The van der Waals surface area contributed by atoms with E-state index in [-0.39, 0.29) is 18.2 Å². The molecular formula is C14H25N3O7SSi. The van der Waals surface area contributed by atoms with Gasteiger partial charge in [0.15, 0.2) is 8.32 Å². The number of fused-ring (bicyclic) bond motifs is 2. The molecule has 0 aromatic rings. The van der Waals surface area contributed by atoms with E-state index in [1.165, 1.54) is 6.08 Å². The first kappa shape index (κ1) is 20.8. The van der Waals surface area contributed by atoms with E-state index in [0.717, 1.165) is 4.90 Å². The second-order valence-corrected chi connectivity index (χ2v) is 13.7. The van der Waals surface area contributed by atoms with Crippen LogP contribution in [0.4, 0.5) is 4.79 Å². The van der Waals surface area contributed by atoms with Crippen LogP contribution in [0.15, 0.2) is 11.6 Å². The highest BCUT2D eigenvalue weighted by Crippen LogP contribution is 2.38. The number of nitrogens with two attached hydrogens (primary N) is 1. The molecule has 0 aromatic carbocycles. The van der Waals surface area contributed by atoms with Crippen molar-refractivity contribution >= 4 is 30.7 Å². The van der Waals surface area contributed by atoms with Gasteiger partial charge in [0.1, 0.15) is 6.04 Å². The summed E-state index contributed by atoms with van der Waals surface area (Å²) in [6.07, 6.45) is 1.54. The van der Waals surface area contributed by atoms with Crippen LogP contribution in [0.25, 0.3) is 0 Å². The maximum Gasteiger partial charge on any atom is 0.418 e. The smallest absolute Gasteiger partial charge is 0.413 e. The molecule has 0 saturated carbocycles. The third-order valence-corrected chi connectivity index (χ3v) is 9.87. The first-order valence-corrected chi connectivity index (χ1v) is 12.3. The Labute approximate surface area is 153 Å². The van der Waals surface area contributed by atoms with Crippen LogP contribution in [0.5, 0.6) is 0 Å². The number of nitrogens with zero attached hydrogens (tertiary/aromatic N) is 2. The van der Waals surface area contributed by atoms with Gasteiger partial charge in [0, 0.05) is 0 Å². The van der Waals surface area contributed by atoms with E-state index < -0.39 is 42.7 Å². The summed E-state index contributed by atoms with van der Waals surface area (Å²) in [5.41, 5.74) is 5.92. The molecule has 12 heteroatoms. The Morgan fingerprint density at radius 1 is 1.42 bits per heavy atom. The second kappa shape index (κ2) is 6.60. The summed E-state index contributed by atoms with van der Waals surface area (Å²) >= 11 is 0. The van der Waals surface area contributed by atoms with Crippen molar-refractivity contribution in [1.82, 2.24) is 9.96 Å². The lowest BCUT2D eigenvalue weighted by Gasteiger charge is -2.38. The van der Waals surface area contributed by atoms with E-state index in [1.807, 2.05) is 13.1 Å². The standard InChI is InChI=1S/C14H25N3O7SSi/c1-14(2,3)26(4,5)23-8-9-6-10-7-16(11(9)12(15)18)13(19)17(10)24-25(20,21)22/h6,10-11H,7-8H2,1-5H3,(H2,15,18)(H,20,21,22). The fraction of sp³-hybridized carbons (Fsp3) is 0.714. The van der Waals surface area contributed by atoms with Crippen LogP contribution in [0, 0.1) is 0 Å². The lowest BCUT2D eigenvalue weighted by atomic mass is 9.99. The molecule has 0 radical (unpaired) electrons. The number of hydroxylamine groups is 2. The molecular weight excluding hydrogens is 382 g/mol. The predicted octanol–water partition coefficient (Wildman–Crippen LogP) is 0.643. The molecule has 148 valence electrons. The second-order valence-electron chi connectivity index (χ2n) is 7.93. The number of amides is 3. The van der Waals surface area contributed by atoms with Crippen LogP contribution in [-0.4, -0.2) is 68.4 Å². The van der Waals surface area contributed by atoms with Crippen LogP contribution in [-0.2, 0) is 23.9 Å². The summed E-state index contributed by atoms with van der Waals surface area (Å²) in [4.78, 5) is 25.4. The molecule has 0 aromatic heterocycles. The van der Waals surface area contributed by atoms with Gasteiger partial charge in [-0.1, -0.05) is 26.8 Å². The van der Waals surface area contributed by atoms with E-state index in [0.29, 0.717) is 10.6 Å². The van der Waals surface area contributed by atoms with Crippen LogP contribution in [0.1, 0.15) is 20.8 Å². The molecule has 3 amide bonds. The molecule has 2 aliphatic rings. The SMILES string of the molecule is CC(C)(C)[Si](C)(C)OCC1=CC2CN(C(=O)N2OS(=O)(=O)O)C1C(N)=O. The Bertz CT molecular complexity index is 744. The van der Waals surface area contributed by atoms with E-state index in [9.17, 15) is 18.0 Å². The molecule has 1 saturated heterocycles. The van der Waals surface area contributed by atoms with Gasteiger partial charge in [0.2, 0.25) is 5.91 Å². The highest BCUT2D eigenvalue weighted by atomic mass is 32.3. The van der Waals surface area contributed by atoms with Gasteiger partial charge >= 0.3 is 16.4 Å². The quantitative estimate of drug-likeness (QED) is 0.374. The Balaban J connectivity index is 2.29. The largest absolute Gasteiger partial charge is 0.418 e. The van der Waals surface area contributed by atoms with Gasteiger partial charge in [-0.2, -0.15) is 13.5 Å². The maximum atomic E-state index is 12.4. The first-order chi connectivity index (χ1) is 11.6. The van der Waals surface area contributed by atoms with Crippen LogP contribution in [0.2, 0.25) is 18.1 Å². The van der Waals surface area contributed by atoms with Gasteiger partial charge in [0.25, 0.3) is 0 Å². The number of rotatable bonds is 6. The topological polar surface area (TPSA) is 139 Å². The van der Waals surface area contributed by atoms with Crippen molar-refractivity contribution in [2.75, 3.05) is 13.2 Å². The highest BCUT2D eigenvalue weighted by molar-refractivity contribution is 7.80. The Morgan fingerprint density at radius 2 is 2.00 bits per heavy atom. The Kier molecular flexibility index (Phi) is 5.29. The lowest BCUT2D eigenvalue weighted by Crippen LogP contribution is -2.50. The van der Waals surface area contributed by atoms with Gasteiger partial charge in [-0.3, -0.25) is 9.35 Å². The number of carbonyl (C=O) groups is 2. The van der Waals surface area contributed by atoms with Crippen LogP contribution in [0.3, 0.4) is 0 Å². The average molecular weight is 408 g/mol. The van der Waals surface area contributed by atoms with E-state index in [2.05, 4.69) is 25.1 Å². The van der Waals surface area contributed by atoms with Crippen molar-refractivity contribution in [1.29, 1.82) is 0 Å². The molecule has 0 aliphatic carbocycles. The van der Waals surface area contributed by atoms with Crippen molar-refractivity contribution < 1.29 is 31.3 Å². The van der Waals surface area contributed by atoms with Gasteiger partial charge in [-0.05, 0) is 23.7 Å². The summed E-state index contributed by atoms with van der Waals surface area (Å²) in [5.74, 6) is -0.754. The van der Waals surface area contributed by atoms with Gasteiger partial charge in [-0.15, -0.1) is 4.28 Å². The van der Waals surface area contributed by atoms with Crippen molar-refractivity contribution in [3.05, 3.63) is 11.6 Å². The molecule has 2 rings (SSSR count). The summed E-state index contributed by atoms with van der Waals surface area (Å²) in [6.45, 7) is 10.4. The zero-order chi connectivity index (χ0) is 20.1. The van der Waals surface area contributed by atoms with Gasteiger partial charge in [-0.25, -0.2) is 4.79 Å². The molecule has 0 spiro atoms. The molecule has 26 heavy (non-hydrogen) atoms. The Morgan fingerprint density at radius 3 is 2.46 bits per heavy atom. The zero-order valence-corrected chi connectivity index (χ0v) is 17.2. The summed E-state index contributed by atoms with van der Waals surface area (Å²) in [5, 5.41) is 0.463. The molecule has 2 aliphatic heterocycles. The van der Waals surface area contributed by atoms with Crippen LogP contribution >= 0.6 is 0 Å². The fourth-order valence-electron chi connectivity index (χ4n) is 2.63. The van der Waals surface area contributed by atoms with Gasteiger partial charge in [0.05, 0.1) is 19.2 Å². The lowest BCUT2D eigenvalue weighted by molar-refractivity contribution is -0.121. The third kappa shape index (κ3) is 4.09. The number of urea groups is 1.